The van der Waals surface area contributed by atoms with Gasteiger partial charge in [-0.15, -0.1) is 0 Å². The van der Waals surface area contributed by atoms with Crippen LogP contribution in [0.1, 0.15) is 11.1 Å². The standard InChI is InChI=1S/C53H30F6N4O/c54-52(55,56)35-24-25-36(43(30-35)53(57,58)59)33-22-26-45-41(28-33)38-16-7-9-20-44(38)63(45)46-27-23-34(37-18-11-19-40-39-17-8-10-21-47(39)64-48(37)40)29-42(46)51-61-49(31-12-3-1-4-13-31)60-50(62-51)32-14-5-2-6-15-32/h1-30H. The first-order valence-electron chi connectivity index (χ1n) is 20.2. The van der Waals surface area contributed by atoms with Gasteiger partial charge in [0.1, 0.15) is 11.2 Å². The van der Waals surface area contributed by atoms with Crippen LogP contribution in [-0.2, 0) is 12.4 Å². The topological polar surface area (TPSA) is 56.7 Å². The molecule has 0 amide bonds. The molecule has 11 aromatic rings. The number of nitrogens with zero attached hydrogens (tertiary/aromatic N) is 4. The third-order valence-corrected chi connectivity index (χ3v) is 11.5. The van der Waals surface area contributed by atoms with E-state index >= 15 is 0 Å². The highest BCUT2D eigenvalue weighted by molar-refractivity contribution is 6.12. The quantitative estimate of drug-likeness (QED) is 0.156. The lowest BCUT2D eigenvalue weighted by Crippen LogP contribution is -2.12. The average molecular weight is 853 g/mol. The smallest absolute Gasteiger partial charge is 0.417 e. The van der Waals surface area contributed by atoms with Crippen molar-refractivity contribution in [3.05, 3.63) is 193 Å². The first kappa shape index (κ1) is 38.8. The van der Waals surface area contributed by atoms with E-state index in [1.165, 1.54) is 6.07 Å². The van der Waals surface area contributed by atoms with Gasteiger partial charge in [0.15, 0.2) is 17.5 Å². The first-order valence-corrected chi connectivity index (χ1v) is 20.2. The predicted octanol–water partition coefficient (Wildman–Crippen LogP) is 15.2. The molecule has 0 atom stereocenters. The van der Waals surface area contributed by atoms with Gasteiger partial charge >= 0.3 is 12.4 Å². The van der Waals surface area contributed by atoms with Gasteiger partial charge in [0.05, 0.1) is 27.8 Å². The van der Waals surface area contributed by atoms with Gasteiger partial charge in [0, 0.05) is 43.8 Å². The van der Waals surface area contributed by atoms with Crippen LogP contribution in [0.3, 0.4) is 0 Å². The SMILES string of the molecule is FC(F)(F)c1ccc(-c2ccc3c(c2)c2ccccc2n3-c2ccc(-c3cccc4c3oc3ccccc34)cc2-c2nc(-c3ccccc3)nc(-c3ccccc3)n2)c(C(F)(F)F)c1. The molecule has 0 aliphatic rings. The van der Waals surface area contributed by atoms with Gasteiger partial charge in [-0.25, -0.2) is 15.0 Å². The zero-order chi connectivity index (χ0) is 43.7. The first-order chi connectivity index (χ1) is 31.0. The van der Waals surface area contributed by atoms with Crippen LogP contribution in [0.15, 0.2) is 186 Å². The molecule has 8 aromatic carbocycles. The number of benzene rings is 8. The molecule has 64 heavy (non-hydrogen) atoms. The fraction of sp³-hybridized carbons (Fsp3) is 0.0377. The Morgan fingerprint density at radius 3 is 1.69 bits per heavy atom. The number of hydrogen-bond acceptors (Lipinski definition) is 4. The predicted molar refractivity (Wildman–Crippen MR) is 239 cm³/mol. The molecule has 0 aliphatic carbocycles. The second-order valence-electron chi connectivity index (χ2n) is 15.4. The summed E-state index contributed by atoms with van der Waals surface area (Å²) in [7, 11) is 0. The maximum Gasteiger partial charge on any atom is 0.417 e. The van der Waals surface area contributed by atoms with E-state index in [9.17, 15) is 26.3 Å². The second kappa shape index (κ2) is 14.8. The Hall–Kier alpha value is -8.05. The number of para-hydroxylation sites is 3. The summed E-state index contributed by atoms with van der Waals surface area (Å²) in [5, 5.41) is 3.25. The van der Waals surface area contributed by atoms with Gasteiger partial charge in [-0.1, -0.05) is 133 Å². The summed E-state index contributed by atoms with van der Waals surface area (Å²) < 4.78 is 92.9. The van der Waals surface area contributed by atoms with Crippen LogP contribution in [0.5, 0.6) is 0 Å². The molecule has 0 radical (unpaired) electrons. The van der Waals surface area contributed by atoms with Crippen LogP contribution >= 0.6 is 0 Å². The Morgan fingerprint density at radius 2 is 0.984 bits per heavy atom. The third-order valence-electron chi connectivity index (χ3n) is 11.5. The van der Waals surface area contributed by atoms with Crippen LogP contribution < -0.4 is 0 Å². The van der Waals surface area contributed by atoms with Crippen molar-refractivity contribution in [3.63, 3.8) is 0 Å². The van der Waals surface area contributed by atoms with Crippen LogP contribution in [0.4, 0.5) is 26.3 Å². The van der Waals surface area contributed by atoms with Crippen molar-refractivity contribution in [2.45, 2.75) is 12.4 Å². The highest BCUT2D eigenvalue weighted by Gasteiger charge is 2.38. The number of alkyl halides is 6. The number of hydrogen-bond donors (Lipinski definition) is 0. The summed E-state index contributed by atoms with van der Waals surface area (Å²) >= 11 is 0. The third kappa shape index (κ3) is 6.64. The Kier molecular flexibility index (Phi) is 8.98. The number of furan rings is 1. The van der Waals surface area contributed by atoms with Crippen LogP contribution in [-0.4, -0.2) is 19.5 Å². The number of halogens is 6. The van der Waals surface area contributed by atoms with Crippen molar-refractivity contribution in [2.24, 2.45) is 0 Å². The van der Waals surface area contributed by atoms with Crippen LogP contribution in [0.2, 0.25) is 0 Å². The monoisotopic (exact) mass is 852 g/mol. The number of aromatic nitrogens is 4. The lowest BCUT2D eigenvalue weighted by molar-refractivity contribution is -0.142. The maximum atomic E-state index is 14.5. The summed E-state index contributed by atoms with van der Waals surface area (Å²) in [5.41, 5.74) is 4.32. The Balaban J connectivity index is 1.18. The lowest BCUT2D eigenvalue weighted by Gasteiger charge is -2.17. The molecule has 3 heterocycles. The molecule has 5 nitrogen and oxygen atoms in total. The zero-order valence-corrected chi connectivity index (χ0v) is 33.3. The molecule has 0 fully saturated rings. The molecule has 0 saturated heterocycles. The molecule has 0 spiro atoms. The normalized spacial score (nSPS) is 12.2. The molecule has 11 heteroatoms. The van der Waals surface area contributed by atoms with Crippen molar-refractivity contribution in [1.29, 1.82) is 0 Å². The van der Waals surface area contributed by atoms with Gasteiger partial charge < -0.3 is 8.98 Å². The van der Waals surface area contributed by atoms with Crippen molar-refractivity contribution >= 4 is 43.7 Å². The van der Waals surface area contributed by atoms with E-state index < -0.39 is 23.5 Å². The Morgan fingerprint density at radius 1 is 0.391 bits per heavy atom. The summed E-state index contributed by atoms with van der Waals surface area (Å²) in [5.74, 6) is 1.26. The van der Waals surface area contributed by atoms with Crippen molar-refractivity contribution < 1.29 is 30.8 Å². The van der Waals surface area contributed by atoms with Gasteiger partial charge in [-0.2, -0.15) is 26.3 Å². The molecule has 11 rings (SSSR count). The molecule has 0 aliphatic heterocycles. The van der Waals surface area contributed by atoms with Crippen LogP contribution in [0.25, 0.3) is 106 Å². The summed E-state index contributed by atoms with van der Waals surface area (Å²) in [6.07, 6.45) is -10.0. The van der Waals surface area contributed by atoms with Gasteiger partial charge in [-0.3, -0.25) is 0 Å². The molecular formula is C53H30F6N4O. The molecule has 0 unspecified atom stereocenters. The van der Waals surface area contributed by atoms with E-state index in [0.717, 1.165) is 50.2 Å². The fourth-order valence-electron chi connectivity index (χ4n) is 8.59. The van der Waals surface area contributed by atoms with E-state index in [2.05, 4.69) is 0 Å². The van der Waals surface area contributed by atoms with E-state index in [4.69, 9.17) is 19.4 Å². The molecule has 0 N–H and O–H groups in total. The van der Waals surface area contributed by atoms with Gasteiger partial charge in [-0.05, 0) is 65.2 Å². The van der Waals surface area contributed by atoms with Gasteiger partial charge in [0.2, 0.25) is 0 Å². The van der Waals surface area contributed by atoms with E-state index in [-0.39, 0.29) is 17.2 Å². The highest BCUT2D eigenvalue weighted by Crippen LogP contribution is 2.45. The summed E-state index contributed by atoms with van der Waals surface area (Å²) in [6, 6.07) is 53.1. The summed E-state index contributed by atoms with van der Waals surface area (Å²) in [6.45, 7) is 0. The zero-order valence-electron chi connectivity index (χ0n) is 33.3. The average Bonchev–Trinajstić information content (AvgIpc) is 3.87. The van der Waals surface area contributed by atoms with Gasteiger partial charge in [0.25, 0.3) is 0 Å². The van der Waals surface area contributed by atoms with Crippen molar-refractivity contribution in [2.75, 3.05) is 0 Å². The Labute approximate surface area is 360 Å². The second-order valence-corrected chi connectivity index (χ2v) is 15.4. The largest absolute Gasteiger partial charge is 0.455 e. The molecule has 3 aromatic heterocycles. The van der Waals surface area contributed by atoms with E-state index in [0.29, 0.717) is 56.7 Å². The van der Waals surface area contributed by atoms with E-state index in [1.807, 2.05) is 150 Å². The Bertz CT molecular complexity index is 3540. The molecular weight excluding hydrogens is 823 g/mol. The molecule has 0 saturated carbocycles. The minimum Gasteiger partial charge on any atom is -0.455 e. The van der Waals surface area contributed by atoms with Crippen molar-refractivity contribution in [1.82, 2.24) is 19.5 Å². The fourth-order valence-corrected chi connectivity index (χ4v) is 8.59. The minimum absolute atomic E-state index is 0.114. The molecule has 0 bridgehead atoms. The van der Waals surface area contributed by atoms with Crippen LogP contribution in [0, 0.1) is 0 Å². The number of rotatable bonds is 6. The number of fused-ring (bicyclic) bond motifs is 6. The lowest BCUT2D eigenvalue weighted by atomic mass is 9.95. The minimum atomic E-state index is -5.05. The maximum absolute atomic E-state index is 14.5. The molecule has 310 valence electrons. The summed E-state index contributed by atoms with van der Waals surface area (Å²) in [4.78, 5) is 15.2. The highest BCUT2D eigenvalue weighted by atomic mass is 19.4. The van der Waals surface area contributed by atoms with E-state index in [1.54, 1.807) is 12.1 Å². The van der Waals surface area contributed by atoms with Crippen molar-refractivity contribution in [3.8, 4) is 62.1 Å².